The third kappa shape index (κ3) is 3.44. The van der Waals surface area contributed by atoms with Crippen LogP contribution in [0.15, 0.2) is 53.3 Å². The Hall–Kier alpha value is -3.68. The molecular weight excluding hydrogens is 375 g/mol. The molecule has 2 heterocycles. The maximum absolute atomic E-state index is 13.6. The molecule has 1 aromatic heterocycles. The van der Waals surface area contributed by atoms with Gasteiger partial charge >= 0.3 is 0 Å². The molecular formula is C21H19FN4O3. The second-order valence-electron chi connectivity index (χ2n) is 6.83. The largest absolute Gasteiger partial charge is 0.501 e. The minimum Gasteiger partial charge on any atom is -0.501 e. The fraction of sp³-hybridized carbons (Fsp3) is 0.190. The van der Waals surface area contributed by atoms with E-state index < -0.39 is 17.2 Å². The Morgan fingerprint density at radius 1 is 1.28 bits per heavy atom. The van der Waals surface area contributed by atoms with Crippen molar-refractivity contribution < 1.29 is 14.3 Å². The zero-order valence-corrected chi connectivity index (χ0v) is 15.7. The summed E-state index contributed by atoms with van der Waals surface area (Å²) in [4.78, 5) is 31.3. The summed E-state index contributed by atoms with van der Waals surface area (Å²) in [6.45, 7) is 2.64. The number of nitrogens with zero attached hydrogens (tertiary/aromatic N) is 3. The molecule has 0 atom stereocenters. The molecule has 0 saturated heterocycles. The van der Waals surface area contributed by atoms with E-state index in [0.717, 1.165) is 0 Å². The molecule has 0 saturated carbocycles. The van der Waals surface area contributed by atoms with Gasteiger partial charge in [-0.05, 0) is 36.2 Å². The smallest absolute Gasteiger partial charge is 0.298 e. The van der Waals surface area contributed by atoms with Crippen molar-refractivity contribution in [1.82, 2.24) is 9.55 Å². The third-order valence-electron chi connectivity index (χ3n) is 4.84. The monoisotopic (exact) mass is 394 g/mol. The first-order chi connectivity index (χ1) is 14.0. The van der Waals surface area contributed by atoms with Crippen molar-refractivity contribution in [3.63, 3.8) is 0 Å². The highest BCUT2D eigenvalue weighted by Crippen LogP contribution is 2.24. The first kappa shape index (κ1) is 18.7. The van der Waals surface area contributed by atoms with Crippen LogP contribution >= 0.6 is 0 Å². The zero-order valence-electron chi connectivity index (χ0n) is 15.7. The number of nitrogens with one attached hydrogen (secondary N) is 1. The molecule has 0 aliphatic carbocycles. The lowest BCUT2D eigenvalue weighted by Gasteiger charge is -2.23. The van der Waals surface area contributed by atoms with Crippen molar-refractivity contribution in [3.05, 3.63) is 81.5 Å². The van der Waals surface area contributed by atoms with Gasteiger partial charge in [0.1, 0.15) is 5.82 Å². The number of fused-ring (bicyclic) bond motifs is 1. The fourth-order valence-electron chi connectivity index (χ4n) is 3.32. The molecule has 0 fully saturated rings. The Balaban J connectivity index is 1.77. The number of hydrogen-bond donors (Lipinski definition) is 2. The number of aryl methyl sites for hydroxylation is 1. The number of amides is 1. The number of carbonyl (C=O) groups is 1. The third-order valence-corrected chi connectivity index (χ3v) is 4.84. The summed E-state index contributed by atoms with van der Waals surface area (Å²) in [5.41, 5.74) is 0.752. The van der Waals surface area contributed by atoms with Crippen molar-refractivity contribution in [2.75, 3.05) is 16.8 Å². The first-order valence-electron chi connectivity index (χ1n) is 9.15. The zero-order chi connectivity index (χ0) is 20.5. The Labute approximate surface area is 166 Å². The highest BCUT2D eigenvalue weighted by molar-refractivity contribution is 6.06. The molecule has 2 aromatic carbocycles. The quantitative estimate of drug-likeness (QED) is 0.710. The number of halogens is 1. The van der Waals surface area contributed by atoms with Gasteiger partial charge in [-0.2, -0.15) is 0 Å². The van der Waals surface area contributed by atoms with Crippen LogP contribution in [0.4, 0.5) is 16.0 Å². The molecule has 1 aliphatic rings. The van der Waals surface area contributed by atoms with Crippen LogP contribution in [0.2, 0.25) is 0 Å². The van der Waals surface area contributed by atoms with Gasteiger partial charge in [-0.25, -0.2) is 9.37 Å². The molecule has 0 spiro atoms. The molecule has 1 aliphatic heterocycles. The number of aromatic hydroxyl groups is 1. The van der Waals surface area contributed by atoms with Crippen LogP contribution in [-0.2, 0) is 13.1 Å². The van der Waals surface area contributed by atoms with E-state index in [1.807, 2.05) is 6.07 Å². The predicted octanol–water partition coefficient (Wildman–Crippen LogP) is 2.67. The molecule has 0 bridgehead atoms. The summed E-state index contributed by atoms with van der Waals surface area (Å²) in [7, 11) is 0. The molecule has 0 radical (unpaired) electrons. The van der Waals surface area contributed by atoms with E-state index in [1.54, 1.807) is 43.3 Å². The van der Waals surface area contributed by atoms with Gasteiger partial charge in [0.25, 0.3) is 11.5 Å². The molecule has 148 valence electrons. The summed E-state index contributed by atoms with van der Waals surface area (Å²) in [6, 6.07) is 13.4. The molecule has 7 nitrogen and oxygen atoms in total. The second-order valence-corrected chi connectivity index (χ2v) is 6.83. The maximum Gasteiger partial charge on any atom is 0.298 e. The van der Waals surface area contributed by atoms with Gasteiger partial charge in [0.05, 0.1) is 6.54 Å². The van der Waals surface area contributed by atoms with Crippen molar-refractivity contribution >= 4 is 17.5 Å². The molecule has 0 unspecified atom stereocenters. The van der Waals surface area contributed by atoms with Gasteiger partial charge in [-0.15, -0.1) is 0 Å². The van der Waals surface area contributed by atoms with Crippen molar-refractivity contribution in [2.45, 2.75) is 20.0 Å². The lowest BCUT2D eigenvalue weighted by molar-refractivity contribution is 0.0977. The summed E-state index contributed by atoms with van der Waals surface area (Å²) in [5, 5.41) is 13.3. The summed E-state index contributed by atoms with van der Waals surface area (Å²) in [5.74, 6) is -1.38. The van der Waals surface area contributed by atoms with Gasteiger partial charge in [-0.1, -0.05) is 30.3 Å². The van der Waals surface area contributed by atoms with E-state index in [9.17, 15) is 19.1 Å². The van der Waals surface area contributed by atoms with E-state index in [1.165, 1.54) is 15.5 Å². The molecule has 1 amide bonds. The molecule has 29 heavy (non-hydrogen) atoms. The Morgan fingerprint density at radius 2 is 2.03 bits per heavy atom. The van der Waals surface area contributed by atoms with Crippen LogP contribution in [0.1, 0.15) is 21.6 Å². The Kier molecular flexibility index (Phi) is 4.75. The van der Waals surface area contributed by atoms with E-state index in [4.69, 9.17) is 0 Å². The highest BCUT2D eigenvalue weighted by atomic mass is 19.1. The van der Waals surface area contributed by atoms with Crippen LogP contribution < -0.4 is 15.8 Å². The molecule has 8 heteroatoms. The first-order valence-corrected chi connectivity index (χ1v) is 9.15. The number of para-hydroxylation sites is 1. The van der Waals surface area contributed by atoms with Crippen LogP contribution in [0.25, 0.3) is 0 Å². The van der Waals surface area contributed by atoms with E-state index in [0.29, 0.717) is 29.9 Å². The highest BCUT2D eigenvalue weighted by Gasteiger charge is 2.28. The lowest BCUT2D eigenvalue weighted by atomic mass is 10.1. The number of hydrogen-bond acceptors (Lipinski definition) is 5. The van der Waals surface area contributed by atoms with Gasteiger partial charge in [0.2, 0.25) is 11.7 Å². The van der Waals surface area contributed by atoms with Gasteiger partial charge < -0.3 is 15.3 Å². The number of carbonyl (C=O) groups excluding carboxylic acids is 1. The van der Waals surface area contributed by atoms with Crippen LogP contribution in [0, 0.1) is 12.7 Å². The van der Waals surface area contributed by atoms with Crippen LogP contribution in [0.3, 0.4) is 0 Å². The summed E-state index contributed by atoms with van der Waals surface area (Å²) >= 11 is 0. The van der Waals surface area contributed by atoms with Gasteiger partial charge in [0, 0.05) is 18.8 Å². The van der Waals surface area contributed by atoms with Crippen molar-refractivity contribution in [2.24, 2.45) is 0 Å². The lowest BCUT2D eigenvalue weighted by Crippen LogP contribution is -2.33. The number of anilines is 2. The number of rotatable bonds is 4. The predicted molar refractivity (Wildman–Crippen MR) is 107 cm³/mol. The van der Waals surface area contributed by atoms with Gasteiger partial charge in [-0.3, -0.25) is 14.2 Å². The number of aromatic nitrogens is 2. The normalized spacial score (nSPS) is 12.3. The Morgan fingerprint density at radius 3 is 2.76 bits per heavy atom. The topological polar surface area (TPSA) is 87.5 Å². The molecule has 4 rings (SSSR count). The van der Waals surface area contributed by atoms with Gasteiger partial charge in [0.15, 0.2) is 5.69 Å². The van der Waals surface area contributed by atoms with Crippen molar-refractivity contribution in [3.8, 4) is 5.75 Å². The maximum atomic E-state index is 13.6. The average Bonchev–Trinajstić information content (AvgIpc) is 3.20. The average molecular weight is 394 g/mol. The molecule has 3 aromatic rings. The van der Waals surface area contributed by atoms with E-state index in [-0.39, 0.29) is 24.0 Å². The second kappa shape index (κ2) is 7.38. The SMILES string of the molecule is Cc1cc(CN(C(=O)c2nc3n(c(=O)c2O)CCN3)c2ccccc2)ccc1F. The standard InChI is InChI=1S/C21H19FN4O3/c1-13-11-14(7-8-16(13)22)12-26(15-5-3-2-4-6-15)19(28)17-18(27)20(29)25-10-9-23-21(25)24-17/h2-8,11,27H,9-10,12H2,1H3,(H,23,24). The summed E-state index contributed by atoms with van der Waals surface area (Å²) < 4.78 is 14.9. The van der Waals surface area contributed by atoms with Crippen molar-refractivity contribution in [1.29, 1.82) is 0 Å². The fourth-order valence-corrected chi connectivity index (χ4v) is 3.32. The number of benzene rings is 2. The van der Waals surface area contributed by atoms with Crippen LogP contribution in [0.5, 0.6) is 5.75 Å². The minimum absolute atomic E-state index is 0.122. The van der Waals surface area contributed by atoms with E-state index in [2.05, 4.69) is 10.3 Å². The van der Waals surface area contributed by atoms with E-state index >= 15 is 0 Å². The molecule has 2 N–H and O–H groups in total. The van der Waals surface area contributed by atoms with Crippen LogP contribution in [-0.4, -0.2) is 27.1 Å². The Bertz CT molecular complexity index is 1140. The minimum atomic E-state index is -0.682. The summed E-state index contributed by atoms with van der Waals surface area (Å²) in [6.07, 6.45) is 0.